The number of hydrogen-bond donors (Lipinski definition) is 0. The molecule has 0 aromatic heterocycles. The molecule has 0 N–H and O–H groups in total. The highest BCUT2D eigenvalue weighted by molar-refractivity contribution is 5.60. The summed E-state index contributed by atoms with van der Waals surface area (Å²) in [5.41, 5.74) is 6.31. The Morgan fingerprint density at radius 2 is 1.65 bits per heavy atom. The quantitative estimate of drug-likeness (QED) is 0.730. The third-order valence-corrected chi connectivity index (χ3v) is 4.34. The average molecular weight is 230 g/mol. The zero-order valence-corrected chi connectivity index (χ0v) is 11.0. The maximum atomic E-state index is 2.59. The van der Waals surface area contributed by atoms with Crippen LogP contribution in [-0.4, -0.2) is 38.1 Å². The third-order valence-electron chi connectivity index (χ3n) is 4.34. The molecule has 2 heteroatoms. The lowest BCUT2D eigenvalue weighted by Gasteiger charge is -2.35. The van der Waals surface area contributed by atoms with Gasteiger partial charge in [0.25, 0.3) is 0 Å². The molecule has 0 saturated carbocycles. The maximum Gasteiger partial charge on any atom is 0.0402 e. The second-order valence-corrected chi connectivity index (χ2v) is 5.50. The van der Waals surface area contributed by atoms with Gasteiger partial charge in [-0.1, -0.05) is 6.07 Å². The lowest BCUT2D eigenvalue weighted by molar-refractivity contribution is 0.312. The number of hydrogen-bond acceptors (Lipinski definition) is 2. The SMILES string of the molecule is Cc1ccc(N2CCN(C)CC2)c2c1CCC2. The summed E-state index contributed by atoms with van der Waals surface area (Å²) in [7, 11) is 2.22. The summed E-state index contributed by atoms with van der Waals surface area (Å²) in [5, 5.41) is 0. The Morgan fingerprint density at radius 1 is 0.941 bits per heavy atom. The Hall–Kier alpha value is -1.02. The fourth-order valence-corrected chi connectivity index (χ4v) is 3.21. The van der Waals surface area contributed by atoms with Crippen molar-refractivity contribution in [2.24, 2.45) is 0 Å². The van der Waals surface area contributed by atoms with Gasteiger partial charge in [0.2, 0.25) is 0 Å². The molecule has 0 bridgehead atoms. The van der Waals surface area contributed by atoms with Crippen molar-refractivity contribution in [1.82, 2.24) is 4.90 Å². The van der Waals surface area contributed by atoms with E-state index in [1.54, 1.807) is 11.1 Å². The van der Waals surface area contributed by atoms with Crippen LogP contribution >= 0.6 is 0 Å². The molecule has 1 aliphatic heterocycles. The highest BCUT2D eigenvalue weighted by atomic mass is 15.2. The number of rotatable bonds is 1. The Kier molecular flexibility index (Phi) is 2.83. The minimum Gasteiger partial charge on any atom is -0.369 e. The van der Waals surface area contributed by atoms with E-state index in [9.17, 15) is 0 Å². The second kappa shape index (κ2) is 4.34. The lowest BCUT2D eigenvalue weighted by Crippen LogP contribution is -2.44. The van der Waals surface area contributed by atoms with Gasteiger partial charge in [0.15, 0.2) is 0 Å². The molecule has 0 spiro atoms. The molecule has 1 heterocycles. The smallest absolute Gasteiger partial charge is 0.0402 e. The van der Waals surface area contributed by atoms with Crippen molar-refractivity contribution in [2.45, 2.75) is 26.2 Å². The van der Waals surface area contributed by atoms with Crippen LogP contribution in [0.25, 0.3) is 0 Å². The Bertz CT molecular complexity index is 417. The first kappa shape index (κ1) is 11.1. The van der Waals surface area contributed by atoms with Crippen LogP contribution in [0.5, 0.6) is 0 Å². The molecule has 1 aromatic carbocycles. The van der Waals surface area contributed by atoms with E-state index in [-0.39, 0.29) is 0 Å². The molecular formula is C15H22N2. The highest BCUT2D eigenvalue weighted by Crippen LogP contribution is 2.33. The predicted octanol–water partition coefficient (Wildman–Crippen LogP) is 2.24. The summed E-state index contributed by atoms with van der Waals surface area (Å²) in [6.45, 7) is 7.03. The fraction of sp³-hybridized carbons (Fsp3) is 0.600. The predicted molar refractivity (Wildman–Crippen MR) is 72.9 cm³/mol. The van der Waals surface area contributed by atoms with Crippen LogP contribution in [0, 0.1) is 6.92 Å². The zero-order valence-electron chi connectivity index (χ0n) is 11.0. The Labute approximate surface area is 104 Å². The van der Waals surface area contributed by atoms with Gasteiger partial charge in [-0.15, -0.1) is 0 Å². The Morgan fingerprint density at radius 3 is 2.41 bits per heavy atom. The molecule has 0 amide bonds. The summed E-state index contributed by atoms with van der Waals surface area (Å²) >= 11 is 0. The number of anilines is 1. The van der Waals surface area contributed by atoms with Gasteiger partial charge in [0.05, 0.1) is 0 Å². The van der Waals surface area contributed by atoms with Gasteiger partial charge in [-0.25, -0.2) is 0 Å². The summed E-state index contributed by atoms with van der Waals surface area (Å²) in [5.74, 6) is 0. The van der Waals surface area contributed by atoms with Gasteiger partial charge in [-0.3, -0.25) is 0 Å². The molecule has 17 heavy (non-hydrogen) atoms. The van der Waals surface area contributed by atoms with E-state index in [0.717, 1.165) is 0 Å². The first-order chi connectivity index (χ1) is 8.25. The third kappa shape index (κ3) is 1.95. The van der Waals surface area contributed by atoms with Crippen LogP contribution in [-0.2, 0) is 12.8 Å². The summed E-state index contributed by atoms with van der Waals surface area (Å²) < 4.78 is 0. The van der Waals surface area contributed by atoms with E-state index in [4.69, 9.17) is 0 Å². The van der Waals surface area contributed by atoms with Crippen molar-refractivity contribution in [2.75, 3.05) is 38.1 Å². The van der Waals surface area contributed by atoms with Gasteiger partial charge in [-0.05, 0) is 56.0 Å². The van der Waals surface area contributed by atoms with Crippen molar-refractivity contribution in [1.29, 1.82) is 0 Å². The average Bonchev–Trinajstić information content (AvgIpc) is 2.81. The number of piperazine rings is 1. The van der Waals surface area contributed by atoms with Crippen molar-refractivity contribution in [3.8, 4) is 0 Å². The van der Waals surface area contributed by atoms with Crippen LogP contribution < -0.4 is 4.90 Å². The van der Waals surface area contributed by atoms with E-state index < -0.39 is 0 Å². The monoisotopic (exact) mass is 230 g/mol. The molecule has 2 nitrogen and oxygen atoms in total. The number of benzene rings is 1. The van der Waals surface area contributed by atoms with E-state index in [0.29, 0.717) is 0 Å². The van der Waals surface area contributed by atoms with Crippen LogP contribution in [0.15, 0.2) is 12.1 Å². The molecule has 2 aliphatic rings. The molecular weight excluding hydrogens is 208 g/mol. The second-order valence-electron chi connectivity index (χ2n) is 5.50. The van der Waals surface area contributed by atoms with E-state index in [2.05, 4.69) is 35.9 Å². The zero-order chi connectivity index (χ0) is 11.8. The lowest BCUT2D eigenvalue weighted by atomic mass is 10.0. The molecule has 1 aromatic rings. The topological polar surface area (TPSA) is 6.48 Å². The number of likely N-dealkylation sites (N-methyl/N-ethyl adjacent to an activating group) is 1. The number of fused-ring (bicyclic) bond motifs is 1. The van der Waals surface area contributed by atoms with Crippen LogP contribution in [0.1, 0.15) is 23.1 Å². The van der Waals surface area contributed by atoms with Gasteiger partial charge >= 0.3 is 0 Å². The normalized spacial score (nSPS) is 20.7. The van der Waals surface area contributed by atoms with Crippen molar-refractivity contribution >= 4 is 5.69 Å². The van der Waals surface area contributed by atoms with Crippen LogP contribution in [0.4, 0.5) is 5.69 Å². The van der Waals surface area contributed by atoms with Gasteiger partial charge in [-0.2, -0.15) is 0 Å². The van der Waals surface area contributed by atoms with E-state index in [1.165, 1.54) is 56.7 Å². The summed E-state index contributed by atoms with van der Waals surface area (Å²) in [6.07, 6.45) is 3.93. The molecule has 0 radical (unpaired) electrons. The molecule has 1 fully saturated rings. The van der Waals surface area contributed by atoms with Gasteiger partial charge in [0.1, 0.15) is 0 Å². The minimum absolute atomic E-state index is 1.19. The van der Waals surface area contributed by atoms with Crippen LogP contribution in [0.3, 0.4) is 0 Å². The van der Waals surface area contributed by atoms with Gasteiger partial charge < -0.3 is 9.80 Å². The summed E-state index contributed by atoms with van der Waals surface area (Å²) in [6, 6.07) is 4.67. The molecule has 1 saturated heterocycles. The van der Waals surface area contributed by atoms with Crippen LogP contribution in [0.2, 0.25) is 0 Å². The summed E-state index contributed by atoms with van der Waals surface area (Å²) in [4.78, 5) is 5.01. The molecule has 92 valence electrons. The first-order valence-corrected chi connectivity index (χ1v) is 6.80. The highest BCUT2D eigenvalue weighted by Gasteiger charge is 2.22. The molecule has 0 unspecified atom stereocenters. The first-order valence-electron chi connectivity index (χ1n) is 6.80. The number of aryl methyl sites for hydroxylation is 1. The van der Waals surface area contributed by atoms with Crippen molar-refractivity contribution in [3.63, 3.8) is 0 Å². The molecule has 3 rings (SSSR count). The standard InChI is InChI=1S/C15H22N2/c1-12-6-7-15(14-5-3-4-13(12)14)17-10-8-16(2)9-11-17/h6-7H,3-5,8-11H2,1-2H3. The number of nitrogens with zero attached hydrogens (tertiary/aromatic N) is 2. The molecule has 1 aliphatic carbocycles. The maximum absolute atomic E-state index is 2.59. The minimum atomic E-state index is 1.19. The van der Waals surface area contributed by atoms with E-state index in [1.807, 2.05) is 0 Å². The van der Waals surface area contributed by atoms with E-state index >= 15 is 0 Å². The van der Waals surface area contributed by atoms with Crippen molar-refractivity contribution in [3.05, 3.63) is 28.8 Å². The largest absolute Gasteiger partial charge is 0.369 e. The fourth-order valence-electron chi connectivity index (χ4n) is 3.21. The van der Waals surface area contributed by atoms with Gasteiger partial charge in [0, 0.05) is 31.9 Å². The molecule has 0 atom stereocenters. The Balaban J connectivity index is 1.91. The van der Waals surface area contributed by atoms with Crippen molar-refractivity contribution < 1.29 is 0 Å².